The predicted molar refractivity (Wildman–Crippen MR) is 111 cm³/mol. The van der Waals surface area contributed by atoms with E-state index in [0.717, 1.165) is 37.1 Å². The van der Waals surface area contributed by atoms with Crippen molar-refractivity contribution in [2.45, 2.75) is 59.9 Å². The molecular formula is C23H34N2O2. The molecule has 2 amide bonds. The smallest absolute Gasteiger partial charge is 0.225 e. The highest BCUT2D eigenvalue weighted by atomic mass is 16.2. The molecule has 2 rings (SSSR count). The standard InChI is InChI=1S/C23H34N2O2/c1-17(2)10-13-24(14-11-18(3)4)23(27)16-22-21-9-7-6-8-20(21)12-15-25(22)19(5)26/h6-9,12,15,17-18,22H,10-11,13-14,16H2,1-5H3. The summed E-state index contributed by atoms with van der Waals surface area (Å²) in [5.74, 6) is 1.23. The second-order valence-electron chi connectivity index (χ2n) is 8.34. The fourth-order valence-corrected chi connectivity index (χ4v) is 3.40. The molecule has 0 saturated carbocycles. The first-order valence-electron chi connectivity index (χ1n) is 10.1. The van der Waals surface area contributed by atoms with Gasteiger partial charge in [0, 0.05) is 26.2 Å². The molecule has 1 aromatic carbocycles. The Bertz CT molecular complexity index is 667. The Balaban J connectivity index is 2.19. The van der Waals surface area contributed by atoms with Gasteiger partial charge in [0.05, 0.1) is 12.5 Å². The minimum atomic E-state index is -0.225. The quantitative estimate of drug-likeness (QED) is 0.655. The number of rotatable bonds is 8. The molecule has 148 valence electrons. The lowest BCUT2D eigenvalue weighted by atomic mass is 9.93. The maximum Gasteiger partial charge on any atom is 0.225 e. The third-order valence-corrected chi connectivity index (χ3v) is 5.14. The number of fused-ring (bicyclic) bond motifs is 1. The number of hydrogen-bond donors (Lipinski definition) is 0. The lowest BCUT2D eigenvalue weighted by Crippen LogP contribution is -2.39. The molecule has 1 aromatic rings. The highest BCUT2D eigenvalue weighted by Gasteiger charge is 2.29. The Kier molecular flexibility index (Phi) is 7.64. The van der Waals surface area contributed by atoms with Gasteiger partial charge in [-0.05, 0) is 41.9 Å². The van der Waals surface area contributed by atoms with Gasteiger partial charge in [0.25, 0.3) is 0 Å². The molecule has 1 aliphatic rings. The fourth-order valence-electron chi connectivity index (χ4n) is 3.40. The van der Waals surface area contributed by atoms with Crippen molar-refractivity contribution in [3.8, 4) is 0 Å². The molecule has 0 spiro atoms. The summed E-state index contributed by atoms with van der Waals surface area (Å²) < 4.78 is 0. The summed E-state index contributed by atoms with van der Waals surface area (Å²) in [4.78, 5) is 29.0. The number of hydrogen-bond acceptors (Lipinski definition) is 2. The van der Waals surface area contributed by atoms with E-state index in [1.165, 1.54) is 0 Å². The first-order valence-corrected chi connectivity index (χ1v) is 10.1. The van der Waals surface area contributed by atoms with Crippen LogP contribution in [-0.2, 0) is 9.59 Å². The van der Waals surface area contributed by atoms with Gasteiger partial charge in [-0.3, -0.25) is 9.59 Å². The van der Waals surface area contributed by atoms with Crippen molar-refractivity contribution in [3.63, 3.8) is 0 Å². The maximum atomic E-state index is 13.2. The van der Waals surface area contributed by atoms with E-state index in [1.54, 1.807) is 11.8 Å². The lowest BCUT2D eigenvalue weighted by Gasteiger charge is -2.34. The predicted octanol–water partition coefficient (Wildman–Crippen LogP) is 4.87. The van der Waals surface area contributed by atoms with Gasteiger partial charge < -0.3 is 9.80 Å². The number of nitrogens with zero attached hydrogens (tertiary/aromatic N) is 2. The first kappa shape index (κ1) is 21.2. The third-order valence-electron chi connectivity index (χ3n) is 5.14. The van der Waals surface area contributed by atoms with Crippen LogP contribution in [-0.4, -0.2) is 34.7 Å². The summed E-state index contributed by atoms with van der Waals surface area (Å²) in [5.41, 5.74) is 2.14. The van der Waals surface area contributed by atoms with Gasteiger partial charge >= 0.3 is 0 Å². The molecule has 0 aliphatic carbocycles. The summed E-state index contributed by atoms with van der Waals surface area (Å²) >= 11 is 0. The topological polar surface area (TPSA) is 40.6 Å². The zero-order valence-electron chi connectivity index (χ0n) is 17.4. The fraction of sp³-hybridized carbons (Fsp3) is 0.565. The minimum Gasteiger partial charge on any atom is -0.343 e. The van der Waals surface area contributed by atoms with Gasteiger partial charge in [-0.15, -0.1) is 0 Å². The van der Waals surface area contributed by atoms with Crippen LogP contribution in [0.15, 0.2) is 30.5 Å². The number of benzene rings is 1. The number of carbonyl (C=O) groups excluding carboxylic acids is 2. The van der Waals surface area contributed by atoms with E-state index in [-0.39, 0.29) is 17.9 Å². The van der Waals surface area contributed by atoms with Crippen molar-refractivity contribution in [2.24, 2.45) is 11.8 Å². The SMILES string of the molecule is CC(=O)N1C=Cc2ccccc2C1CC(=O)N(CCC(C)C)CCC(C)C. The largest absolute Gasteiger partial charge is 0.343 e. The van der Waals surface area contributed by atoms with Crippen molar-refractivity contribution >= 4 is 17.9 Å². The van der Waals surface area contributed by atoms with E-state index >= 15 is 0 Å². The molecule has 0 aromatic heterocycles. The van der Waals surface area contributed by atoms with E-state index < -0.39 is 0 Å². The van der Waals surface area contributed by atoms with Gasteiger partial charge in [-0.1, -0.05) is 52.0 Å². The van der Waals surface area contributed by atoms with Crippen molar-refractivity contribution in [3.05, 3.63) is 41.6 Å². The van der Waals surface area contributed by atoms with E-state index in [1.807, 2.05) is 41.4 Å². The van der Waals surface area contributed by atoms with E-state index in [9.17, 15) is 9.59 Å². The Morgan fingerprint density at radius 3 is 2.19 bits per heavy atom. The minimum absolute atomic E-state index is 0.0329. The van der Waals surface area contributed by atoms with Crippen LogP contribution in [0.5, 0.6) is 0 Å². The van der Waals surface area contributed by atoms with E-state index in [0.29, 0.717) is 18.3 Å². The monoisotopic (exact) mass is 370 g/mol. The Morgan fingerprint density at radius 1 is 1.04 bits per heavy atom. The summed E-state index contributed by atoms with van der Waals surface area (Å²) in [5, 5.41) is 0. The molecule has 1 heterocycles. The molecule has 0 radical (unpaired) electrons. The van der Waals surface area contributed by atoms with Crippen LogP contribution < -0.4 is 0 Å². The average molecular weight is 371 g/mol. The zero-order chi connectivity index (χ0) is 20.0. The number of carbonyl (C=O) groups is 2. The van der Waals surface area contributed by atoms with Gasteiger partial charge in [0.1, 0.15) is 0 Å². The molecule has 0 N–H and O–H groups in total. The van der Waals surface area contributed by atoms with Crippen LogP contribution in [0.1, 0.15) is 71.0 Å². The van der Waals surface area contributed by atoms with Crippen LogP contribution in [0.25, 0.3) is 6.08 Å². The van der Waals surface area contributed by atoms with Gasteiger partial charge in [-0.25, -0.2) is 0 Å². The first-order chi connectivity index (χ1) is 12.8. The second-order valence-corrected chi connectivity index (χ2v) is 8.34. The normalized spacial score (nSPS) is 16.0. The van der Waals surface area contributed by atoms with Crippen LogP contribution in [0, 0.1) is 11.8 Å². The lowest BCUT2D eigenvalue weighted by molar-refractivity contribution is -0.134. The van der Waals surface area contributed by atoms with Gasteiger partial charge in [0.15, 0.2) is 0 Å². The highest BCUT2D eigenvalue weighted by Crippen LogP contribution is 2.33. The van der Waals surface area contributed by atoms with Crippen LogP contribution in [0.2, 0.25) is 0 Å². The van der Waals surface area contributed by atoms with Crippen molar-refractivity contribution in [1.82, 2.24) is 9.80 Å². The molecule has 0 fully saturated rings. The highest BCUT2D eigenvalue weighted by molar-refractivity contribution is 5.82. The van der Waals surface area contributed by atoms with Gasteiger partial charge in [0.2, 0.25) is 11.8 Å². The maximum absolute atomic E-state index is 13.2. The molecule has 1 atom stereocenters. The Hall–Kier alpha value is -2.10. The molecule has 1 unspecified atom stereocenters. The van der Waals surface area contributed by atoms with Crippen LogP contribution in [0.4, 0.5) is 0 Å². The van der Waals surface area contributed by atoms with Crippen molar-refractivity contribution < 1.29 is 9.59 Å². The van der Waals surface area contributed by atoms with Crippen molar-refractivity contribution in [1.29, 1.82) is 0 Å². The average Bonchev–Trinajstić information content (AvgIpc) is 2.61. The van der Waals surface area contributed by atoms with Gasteiger partial charge in [-0.2, -0.15) is 0 Å². The molecule has 1 aliphatic heterocycles. The second kappa shape index (κ2) is 9.72. The zero-order valence-corrected chi connectivity index (χ0v) is 17.4. The van der Waals surface area contributed by atoms with Crippen LogP contribution >= 0.6 is 0 Å². The molecular weight excluding hydrogens is 336 g/mol. The third kappa shape index (κ3) is 5.95. The summed E-state index contributed by atoms with van der Waals surface area (Å²) in [6, 6.07) is 7.80. The summed E-state index contributed by atoms with van der Waals surface area (Å²) in [6.07, 6.45) is 6.10. The van der Waals surface area contributed by atoms with E-state index in [4.69, 9.17) is 0 Å². The van der Waals surface area contributed by atoms with Crippen LogP contribution in [0.3, 0.4) is 0 Å². The van der Waals surface area contributed by atoms with Crippen molar-refractivity contribution in [2.75, 3.05) is 13.1 Å². The summed E-state index contributed by atoms with van der Waals surface area (Å²) in [7, 11) is 0. The van der Waals surface area contributed by atoms with E-state index in [2.05, 4.69) is 27.7 Å². The number of amides is 2. The molecule has 4 nitrogen and oxygen atoms in total. The molecule has 4 heteroatoms. The Labute approximate surface area is 164 Å². The molecule has 0 saturated heterocycles. The Morgan fingerprint density at radius 2 is 1.63 bits per heavy atom. The summed E-state index contributed by atoms with van der Waals surface area (Å²) in [6.45, 7) is 11.9. The molecule has 0 bridgehead atoms. The molecule has 27 heavy (non-hydrogen) atoms.